The lowest BCUT2D eigenvalue weighted by Crippen LogP contribution is -2.27. The minimum atomic E-state index is -4.79. The molecule has 13 heteroatoms. The fraction of sp³-hybridized carbons (Fsp3) is 0.375. The molecule has 2 aliphatic heterocycles. The van der Waals surface area contributed by atoms with Crippen molar-refractivity contribution in [2.24, 2.45) is 0 Å². The molecule has 2 N–H and O–H groups in total. The molecule has 196 valence electrons. The highest BCUT2D eigenvalue weighted by Crippen LogP contribution is 2.42. The molecule has 0 bridgehead atoms. The van der Waals surface area contributed by atoms with Crippen molar-refractivity contribution < 1.29 is 26.4 Å². The molecular formula is C24H24F3N5O3S2. The molecule has 0 spiro atoms. The maximum atomic E-state index is 13.9. The number of amides is 1. The lowest BCUT2D eigenvalue weighted by molar-refractivity contribution is -0.137. The number of aromatic nitrogens is 2. The molecule has 0 radical (unpaired) electrons. The highest BCUT2D eigenvalue weighted by Gasteiger charge is 2.38. The van der Waals surface area contributed by atoms with Crippen LogP contribution in [0.1, 0.15) is 38.8 Å². The predicted octanol–water partition coefficient (Wildman–Crippen LogP) is 4.03. The summed E-state index contributed by atoms with van der Waals surface area (Å²) < 4.78 is 67.4. The first-order valence-electron chi connectivity index (χ1n) is 11.7. The first-order valence-corrected chi connectivity index (χ1v) is 14.1. The summed E-state index contributed by atoms with van der Waals surface area (Å²) in [5, 5.41) is 6.36. The van der Waals surface area contributed by atoms with Crippen LogP contribution >= 0.6 is 11.3 Å². The Morgan fingerprint density at radius 3 is 2.73 bits per heavy atom. The van der Waals surface area contributed by atoms with Crippen molar-refractivity contribution >= 4 is 38.7 Å². The lowest BCUT2D eigenvalue weighted by atomic mass is 9.96. The molecule has 3 aromatic rings. The molecule has 8 nitrogen and oxygen atoms in total. The van der Waals surface area contributed by atoms with Gasteiger partial charge in [0.25, 0.3) is 5.91 Å². The fourth-order valence-electron chi connectivity index (χ4n) is 4.46. The van der Waals surface area contributed by atoms with Gasteiger partial charge in [-0.3, -0.25) is 4.79 Å². The van der Waals surface area contributed by atoms with Crippen molar-refractivity contribution in [1.82, 2.24) is 20.2 Å². The molecule has 2 aliphatic rings. The van der Waals surface area contributed by atoms with E-state index in [0.29, 0.717) is 36.2 Å². The zero-order valence-corrected chi connectivity index (χ0v) is 21.7. The van der Waals surface area contributed by atoms with E-state index in [0.717, 1.165) is 30.2 Å². The van der Waals surface area contributed by atoms with Crippen LogP contribution in [-0.2, 0) is 35.4 Å². The number of sulfone groups is 1. The number of benzene rings is 1. The maximum Gasteiger partial charge on any atom is 0.420 e. The molecule has 0 aliphatic carbocycles. The summed E-state index contributed by atoms with van der Waals surface area (Å²) in [6.07, 6.45) is -2.52. The third-order valence-corrected chi connectivity index (χ3v) is 9.51. The van der Waals surface area contributed by atoms with E-state index in [2.05, 4.69) is 26.7 Å². The van der Waals surface area contributed by atoms with Gasteiger partial charge in [-0.2, -0.15) is 13.2 Å². The Kier molecular flexibility index (Phi) is 6.49. The molecule has 4 heterocycles. The zero-order chi connectivity index (χ0) is 26.5. The van der Waals surface area contributed by atoms with Crippen LogP contribution in [0.2, 0.25) is 0 Å². The summed E-state index contributed by atoms with van der Waals surface area (Å²) in [7, 11) is -2.40. The van der Waals surface area contributed by atoms with Crippen molar-refractivity contribution in [2.45, 2.75) is 37.4 Å². The van der Waals surface area contributed by atoms with Gasteiger partial charge in [0.1, 0.15) is 10.4 Å². The number of hydrogen-bond acceptors (Lipinski definition) is 8. The van der Waals surface area contributed by atoms with Crippen LogP contribution in [0.25, 0.3) is 10.6 Å². The Labute approximate surface area is 215 Å². The van der Waals surface area contributed by atoms with Gasteiger partial charge in [0.2, 0.25) is 5.95 Å². The summed E-state index contributed by atoms with van der Waals surface area (Å²) in [6, 6.07) is 5.16. The topological polar surface area (TPSA) is 104 Å². The molecule has 5 rings (SSSR count). The summed E-state index contributed by atoms with van der Waals surface area (Å²) in [5.41, 5.74) is 2.40. The smallest absolute Gasteiger partial charge is 0.340 e. The van der Waals surface area contributed by atoms with E-state index in [4.69, 9.17) is 0 Å². The number of fused-ring (bicyclic) bond motifs is 2. The summed E-state index contributed by atoms with van der Waals surface area (Å²) >= 11 is 0.691. The van der Waals surface area contributed by atoms with E-state index in [1.807, 2.05) is 13.0 Å². The third kappa shape index (κ3) is 4.82. The van der Waals surface area contributed by atoms with Gasteiger partial charge >= 0.3 is 6.18 Å². The van der Waals surface area contributed by atoms with E-state index in [9.17, 15) is 26.4 Å². The van der Waals surface area contributed by atoms with Crippen molar-refractivity contribution in [1.29, 1.82) is 0 Å². The molecule has 0 saturated carbocycles. The van der Waals surface area contributed by atoms with E-state index < -0.39 is 33.2 Å². The fourth-order valence-corrected chi connectivity index (χ4v) is 7.50. The van der Waals surface area contributed by atoms with Gasteiger partial charge in [-0.25, -0.2) is 18.4 Å². The number of alkyl halides is 3. The molecular weight excluding hydrogens is 527 g/mol. The number of carbonyl (C=O) groups excluding carboxylic acids is 1. The second kappa shape index (κ2) is 9.37. The van der Waals surface area contributed by atoms with Crippen LogP contribution < -0.4 is 10.6 Å². The van der Waals surface area contributed by atoms with Crippen molar-refractivity contribution in [3.8, 4) is 10.6 Å². The average Bonchev–Trinajstić information content (AvgIpc) is 3.29. The van der Waals surface area contributed by atoms with Crippen LogP contribution in [-0.4, -0.2) is 55.1 Å². The van der Waals surface area contributed by atoms with E-state index >= 15 is 0 Å². The summed E-state index contributed by atoms with van der Waals surface area (Å²) in [6.45, 7) is 3.56. The second-order valence-corrected chi connectivity index (χ2v) is 12.1. The number of halogens is 3. The number of nitrogens with zero attached hydrogens (tertiary/aromatic N) is 3. The first kappa shape index (κ1) is 25.6. The van der Waals surface area contributed by atoms with Crippen molar-refractivity contribution in [3.63, 3.8) is 0 Å². The summed E-state index contributed by atoms with van der Waals surface area (Å²) in [5.74, 6) is -0.923. The van der Waals surface area contributed by atoms with Crippen molar-refractivity contribution in [3.05, 3.63) is 51.5 Å². The average molecular weight is 552 g/mol. The van der Waals surface area contributed by atoms with Gasteiger partial charge in [-0.1, -0.05) is 13.0 Å². The Bertz CT molecular complexity index is 1500. The highest BCUT2D eigenvalue weighted by molar-refractivity contribution is 7.91. The zero-order valence-electron chi connectivity index (χ0n) is 20.1. The highest BCUT2D eigenvalue weighted by atomic mass is 32.2. The molecule has 1 aromatic carbocycles. The standard InChI is InChI=1S/C24H24F3N5O3S2/c1-3-13-8-14-4-5-28-11-15(14)9-17(13)30-23-29-12-16(24(25,26)27)20(31-23)18-10-19-21(36-18)22(33)32(2)6-7-37(19,34)35/h8-10,12,28H,3-7,11H2,1-2H3,(H,29,30,31). The van der Waals surface area contributed by atoms with Gasteiger partial charge in [0.05, 0.1) is 21.2 Å². The predicted molar refractivity (Wildman–Crippen MR) is 134 cm³/mol. The Hall–Kier alpha value is -3.03. The Morgan fingerprint density at radius 2 is 2.00 bits per heavy atom. The maximum absolute atomic E-state index is 13.9. The Balaban J connectivity index is 1.61. The minimum Gasteiger partial charge on any atom is -0.340 e. The number of rotatable bonds is 4. The molecule has 2 aromatic heterocycles. The normalized spacial score (nSPS) is 17.2. The second-order valence-electron chi connectivity index (χ2n) is 8.99. The number of hydrogen-bond donors (Lipinski definition) is 2. The number of aryl methyl sites for hydroxylation is 1. The number of anilines is 2. The van der Waals surface area contributed by atoms with Crippen LogP contribution in [0.4, 0.5) is 24.8 Å². The monoisotopic (exact) mass is 551 g/mol. The first-order chi connectivity index (χ1) is 17.5. The molecule has 37 heavy (non-hydrogen) atoms. The van der Waals surface area contributed by atoms with Crippen LogP contribution in [0, 0.1) is 0 Å². The van der Waals surface area contributed by atoms with Crippen LogP contribution in [0.15, 0.2) is 29.3 Å². The number of nitrogens with one attached hydrogen (secondary N) is 2. The van der Waals surface area contributed by atoms with Crippen molar-refractivity contribution in [2.75, 3.05) is 31.2 Å². The quantitative estimate of drug-likeness (QED) is 0.505. The molecule has 0 saturated heterocycles. The molecule has 0 unspecified atom stereocenters. The van der Waals surface area contributed by atoms with E-state index in [1.54, 1.807) is 0 Å². The van der Waals surface area contributed by atoms with Gasteiger partial charge in [-0.15, -0.1) is 11.3 Å². The van der Waals surface area contributed by atoms with E-state index in [-0.39, 0.29) is 32.9 Å². The van der Waals surface area contributed by atoms with Gasteiger partial charge in [-0.05, 0) is 48.2 Å². The van der Waals surface area contributed by atoms with Gasteiger partial charge < -0.3 is 15.5 Å². The third-order valence-electron chi connectivity index (χ3n) is 6.54. The molecule has 1 amide bonds. The SMILES string of the molecule is CCc1cc2c(cc1Nc1ncc(C(F)(F)F)c(-c3cc4c(s3)C(=O)N(C)CCS4(=O)=O)n1)CNCC2. The van der Waals surface area contributed by atoms with Gasteiger partial charge in [0.15, 0.2) is 9.84 Å². The summed E-state index contributed by atoms with van der Waals surface area (Å²) in [4.78, 5) is 21.6. The van der Waals surface area contributed by atoms with Gasteiger partial charge in [0, 0.05) is 32.0 Å². The number of thiophene rings is 1. The molecule has 0 fully saturated rings. The number of carbonyl (C=O) groups is 1. The minimum absolute atomic E-state index is 0.00331. The molecule has 0 atom stereocenters. The Morgan fingerprint density at radius 1 is 1.22 bits per heavy atom. The van der Waals surface area contributed by atoms with E-state index in [1.165, 1.54) is 17.5 Å². The van der Waals surface area contributed by atoms with Crippen LogP contribution in [0.5, 0.6) is 0 Å². The lowest BCUT2D eigenvalue weighted by Gasteiger charge is -2.21. The largest absolute Gasteiger partial charge is 0.420 e. The van der Waals surface area contributed by atoms with Crippen LogP contribution in [0.3, 0.4) is 0 Å².